The molecular weight excluding hydrogens is 250 g/mol. The van der Waals surface area contributed by atoms with Crippen LogP contribution in [0.15, 0.2) is 24.3 Å². The number of para-hydroxylation sites is 1. The molecule has 2 N–H and O–H groups in total. The van der Waals surface area contributed by atoms with Crippen molar-refractivity contribution in [2.75, 3.05) is 31.5 Å². The first-order valence-electron chi connectivity index (χ1n) is 5.87. The molecule has 0 heterocycles. The highest BCUT2D eigenvalue weighted by Gasteiger charge is 2.24. The van der Waals surface area contributed by atoms with E-state index in [-0.39, 0.29) is 0 Å². The van der Waals surface area contributed by atoms with Crippen molar-refractivity contribution < 1.29 is 8.42 Å². The highest BCUT2D eigenvalue weighted by molar-refractivity contribution is 7.90. The molecule has 0 aliphatic heterocycles. The molecule has 0 atom stereocenters. The van der Waals surface area contributed by atoms with Gasteiger partial charge in [0.1, 0.15) is 0 Å². The van der Waals surface area contributed by atoms with Crippen LogP contribution in [-0.2, 0) is 10.2 Å². The molecule has 18 heavy (non-hydrogen) atoms. The fourth-order valence-corrected chi connectivity index (χ4v) is 2.91. The fourth-order valence-electron chi connectivity index (χ4n) is 1.68. The van der Waals surface area contributed by atoms with E-state index in [9.17, 15) is 8.42 Å². The predicted octanol–water partition coefficient (Wildman–Crippen LogP) is 0.957. The zero-order valence-electron chi connectivity index (χ0n) is 11.1. The maximum atomic E-state index is 12.3. The summed E-state index contributed by atoms with van der Waals surface area (Å²) >= 11 is 0. The third-order valence-corrected chi connectivity index (χ3v) is 4.73. The van der Waals surface area contributed by atoms with Gasteiger partial charge in [0.2, 0.25) is 0 Å². The molecule has 5 nitrogen and oxygen atoms in total. The Bertz CT molecular complexity index is 488. The third kappa shape index (κ3) is 3.22. The largest absolute Gasteiger partial charge is 0.330 e. The summed E-state index contributed by atoms with van der Waals surface area (Å²) in [6.45, 7) is 2.80. The maximum Gasteiger partial charge on any atom is 0.303 e. The van der Waals surface area contributed by atoms with Gasteiger partial charge in [-0.25, -0.2) is 0 Å². The number of rotatable bonds is 6. The van der Waals surface area contributed by atoms with E-state index in [0.717, 1.165) is 5.56 Å². The molecule has 102 valence electrons. The van der Waals surface area contributed by atoms with E-state index in [0.29, 0.717) is 25.2 Å². The number of nitrogens with zero attached hydrogens (tertiary/aromatic N) is 2. The van der Waals surface area contributed by atoms with Crippen LogP contribution in [0.4, 0.5) is 5.69 Å². The molecule has 0 amide bonds. The Morgan fingerprint density at radius 3 is 2.39 bits per heavy atom. The first-order valence-corrected chi connectivity index (χ1v) is 7.27. The van der Waals surface area contributed by atoms with Gasteiger partial charge >= 0.3 is 10.2 Å². The molecule has 0 aliphatic rings. The van der Waals surface area contributed by atoms with Gasteiger partial charge < -0.3 is 5.73 Å². The normalized spacial score (nSPS) is 11.8. The zero-order chi connectivity index (χ0) is 13.8. The third-order valence-electron chi connectivity index (χ3n) is 2.87. The number of hydrogen-bond donors (Lipinski definition) is 1. The minimum Gasteiger partial charge on any atom is -0.330 e. The summed E-state index contributed by atoms with van der Waals surface area (Å²) in [7, 11) is -0.340. The molecule has 0 saturated heterocycles. The number of hydrogen-bond acceptors (Lipinski definition) is 3. The molecule has 1 aromatic rings. The predicted molar refractivity (Wildman–Crippen MR) is 74.8 cm³/mol. The van der Waals surface area contributed by atoms with E-state index in [1.807, 2.05) is 25.1 Å². The smallest absolute Gasteiger partial charge is 0.303 e. The second kappa shape index (κ2) is 6.17. The Hall–Kier alpha value is -1.11. The van der Waals surface area contributed by atoms with E-state index in [1.165, 1.54) is 8.61 Å². The lowest BCUT2D eigenvalue weighted by Crippen LogP contribution is -2.40. The average Bonchev–Trinajstić information content (AvgIpc) is 2.35. The molecule has 6 heteroatoms. The van der Waals surface area contributed by atoms with Crippen molar-refractivity contribution in [2.24, 2.45) is 5.73 Å². The van der Waals surface area contributed by atoms with Gasteiger partial charge in [0.15, 0.2) is 0 Å². The van der Waals surface area contributed by atoms with E-state index >= 15 is 0 Å². The highest BCUT2D eigenvalue weighted by Crippen LogP contribution is 2.21. The van der Waals surface area contributed by atoms with E-state index < -0.39 is 10.2 Å². The van der Waals surface area contributed by atoms with Gasteiger partial charge in [0.25, 0.3) is 0 Å². The highest BCUT2D eigenvalue weighted by atomic mass is 32.2. The quantitative estimate of drug-likeness (QED) is 0.838. The molecule has 1 rings (SSSR count). The number of aryl methyl sites for hydroxylation is 1. The summed E-state index contributed by atoms with van der Waals surface area (Å²) in [6.07, 6.45) is 0.650. The second-order valence-corrected chi connectivity index (χ2v) is 6.29. The summed E-state index contributed by atoms with van der Waals surface area (Å²) in [5.74, 6) is 0. The molecule has 0 aromatic heterocycles. The van der Waals surface area contributed by atoms with Crippen LogP contribution < -0.4 is 10.0 Å². The molecule has 0 saturated carbocycles. The SMILES string of the molecule is Cc1ccccc1N(C)S(=O)(=O)N(C)CCCN. The van der Waals surface area contributed by atoms with Crippen LogP contribution in [0.1, 0.15) is 12.0 Å². The molecular formula is C12H21N3O2S. The maximum absolute atomic E-state index is 12.3. The van der Waals surface area contributed by atoms with Crippen LogP contribution in [0.25, 0.3) is 0 Å². The molecule has 0 spiro atoms. The van der Waals surface area contributed by atoms with Gasteiger partial charge in [0.05, 0.1) is 5.69 Å². The summed E-state index contributed by atoms with van der Waals surface area (Å²) in [5.41, 5.74) is 7.01. The summed E-state index contributed by atoms with van der Waals surface area (Å²) in [4.78, 5) is 0. The van der Waals surface area contributed by atoms with E-state index in [4.69, 9.17) is 5.73 Å². The zero-order valence-corrected chi connectivity index (χ0v) is 11.9. The van der Waals surface area contributed by atoms with Crippen molar-refractivity contribution in [2.45, 2.75) is 13.3 Å². The number of anilines is 1. The van der Waals surface area contributed by atoms with Gasteiger partial charge in [-0.3, -0.25) is 4.31 Å². The van der Waals surface area contributed by atoms with Gasteiger partial charge in [-0.1, -0.05) is 18.2 Å². The summed E-state index contributed by atoms with van der Waals surface area (Å²) < 4.78 is 27.2. The lowest BCUT2D eigenvalue weighted by molar-refractivity contribution is 0.462. The first-order chi connectivity index (χ1) is 8.41. The fraction of sp³-hybridized carbons (Fsp3) is 0.500. The van der Waals surface area contributed by atoms with E-state index in [2.05, 4.69) is 0 Å². The van der Waals surface area contributed by atoms with Gasteiger partial charge in [-0.15, -0.1) is 0 Å². The van der Waals surface area contributed by atoms with Crippen LogP contribution in [0, 0.1) is 6.92 Å². The first kappa shape index (κ1) is 14.9. The molecule has 0 radical (unpaired) electrons. The lowest BCUT2D eigenvalue weighted by Gasteiger charge is -2.26. The number of benzene rings is 1. The molecule has 0 fully saturated rings. The second-order valence-electron chi connectivity index (χ2n) is 4.23. The Kier molecular flexibility index (Phi) is 5.13. The van der Waals surface area contributed by atoms with Crippen molar-refractivity contribution in [3.63, 3.8) is 0 Å². The van der Waals surface area contributed by atoms with Crippen LogP contribution in [0.2, 0.25) is 0 Å². The minimum atomic E-state index is -3.48. The molecule has 0 bridgehead atoms. The van der Waals surface area contributed by atoms with Crippen LogP contribution >= 0.6 is 0 Å². The van der Waals surface area contributed by atoms with Crippen LogP contribution in [0.5, 0.6) is 0 Å². The van der Waals surface area contributed by atoms with Gasteiger partial charge in [-0.2, -0.15) is 12.7 Å². The minimum absolute atomic E-state index is 0.426. The van der Waals surface area contributed by atoms with Crippen molar-refractivity contribution in [1.29, 1.82) is 0 Å². The van der Waals surface area contributed by atoms with Gasteiger partial charge in [-0.05, 0) is 31.5 Å². The summed E-state index contributed by atoms with van der Waals surface area (Å²) in [5, 5.41) is 0. The Balaban J connectivity index is 2.95. The standard InChI is InChI=1S/C12H21N3O2S/c1-11-7-4-5-8-12(11)15(3)18(16,17)14(2)10-6-9-13/h4-5,7-8H,6,9-10,13H2,1-3H3. The van der Waals surface area contributed by atoms with Crippen molar-refractivity contribution in [1.82, 2.24) is 4.31 Å². The lowest BCUT2D eigenvalue weighted by atomic mass is 10.2. The van der Waals surface area contributed by atoms with E-state index in [1.54, 1.807) is 20.2 Å². The van der Waals surface area contributed by atoms with Crippen LogP contribution in [-0.4, -0.2) is 39.9 Å². The summed E-state index contributed by atoms with van der Waals surface area (Å²) in [6, 6.07) is 7.40. The Morgan fingerprint density at radius 2 is 1.83 bits per heavy atom. The van der Waals surface area contributed by atoms with Crippen molar-refractivity contribution in [3.8, 4) is 0 Å². The van der Waals surface area contributed by atoms with Crippen molar-refractivity contribution in [3.05, 3.63) is 29.8 Å². The van der Waals surface area contributed by atoms with Crippen molar-refractivity contribution >= 4 is 15.9 Å². The van der Waals surface area contributed by atoms with Crippen LogP contribution in [0.3, 0.4) is 0 Å². The van der Waals surface area contributed by atoms with Gasteiger partial charge in [0, 0.05) is 20.6 Å². The molecule has 0 aliphatic carbocycles. The topological polar surface area (TPSA) is 66.6 Å². The Labute approximate surface area is 109 Å². The average molecular weight is 271 g/mol. The monoisotopic (exact) mass is 271 g/mol. The number of nitrogens with two attached hydrogens (primary N) is 1. The Morgan fingerprint density at radius 1 is 1.22 bits per heavy atom. The molecule has 1 aromatic carbocycles. The molecule has 0 unspecified atom stereocenters.